The van der Waals surface area contributed by atoms with Crippen molar-refractivity contribution < 1.29 is 9.53 Å². The van der Waals surface area contributed by atoms with Crippen molar-refractivity contribution in [2.75, 3.05) is 32.8 Å². The standard InChI is InChI=1S/C22H29N3O2/c1-22(2,3)19-9-4-5-10-20(19)27-17-21(26)25-14-12-24(13-15-25)16-18-8-6-7-11-23-18/h4-11H,12-17H2,1-3H3. The van der Waals surface area contributed by atoms with E-state index >= 15 is 0 Å². The number of rotatable bonds is 5. The van der Waals surface area contributed by atoms with Crippen LogP contribution in [0.25, 0.3) is 0 Å². The van der Waals surface area contributed by atoms with Crippen LogP contribution in [0.15, 0.2) is 48.7 Å². The minimum atomic E-state index is -0.0171. The number of aromatic nitrogens is 1. The number of amides is 1. The van der Waals surface area contributed by atoms with Gasteiger partial charge >= 0.3 is 0 Å². The normalized spacial score (nSPS) is 15.6. The van der Waals surface area contributed by atoms with Crippen molar-refractivity contribution in [3.63, 3.8) is 0 Å². The highest BCUT2D eigenvalue weighted by atomic mass is 16.5. The lowest BCUT2D eigenvalue weighted by Gasteiger charge is -2.34. The molecule has 27 heavy (non-hydrogen) atoms. The molecule has 1 aromatic carbocycles. The Kier molecular flexibility index (Phi) is 6.11. The zero-order valence-electron chi connectivity index (χ0n) is 16.5. The molecular weight excluding hydrogens is 338 g/mol. The van der Waals surface area contributed by atoms with Crippen LogP contribution >= 0.6 is 0 Å². The van der Waals surface area contributed by atoms with Crippen LogP contribution in [0.1, 0.15) is 32.0 Å². The molecule has 0 N–H and O–H groups in total. The number of para-hydroxylation sites is 1. The zero-order chi connectivity index (χ0) is 19.3. The summed E-state index contributed by atoms with van der Waals surface area (Å²) in [5.41, 5.74) is 2.17. The van der Waals surface area contributed by atoms with Gasteiger partial charge in [0.15, 0.2) is 6.61 Å². The first-order valence-electron chi connectivity index (χ1n) is 9.56. The quantitative estimate of drug-likeness (QED) is 0.815. The SMILES string of the molecule is CC(C)(C)c1ccccc1OCC(=O)N1CCN(Cc2ccccn2)CC1. The van der Waals surface area contributed by atoms with Crippen LogP contribution in [0.4, 0.5) is 0 Å². The highest BCUT2D eigenvalue weighted by molar-refractivity contribution is 5.78. The van der Waals surface area contributed by atoms with E-state index in [0.717, 1.165) is 49.7 Å². The predicted molar refractivity (Wildman–Crippen MR) is 107 cm³/mol. The molecule has 0 unspecified atom stereocenters. The Morgan fingerprint density at radius 2 is 1.74 bits per heavy atom. The maximum Gasteiger partial charge on any atom is 0.260 e. The van der Waals surface area contributed by atoms with Crippen LogP contribution in [-0.2, 0) is 16.8 Å². The molecule has 1 fully saturated rings. The van der Waals surface area contributed by atoms with Crippen LogP contribution in [0.2, 0.25) is 0 Å². The molecule has 1 saturated heterocycles. The van der Waals surface area contributed by atoms with Gasteiger partial charge in [-0.3, -0.25) is 14.7 Å². The second kappa shape index (κ2) is 8.53. The fourth-order valence-corrected chi connectivity index (χ4v) is 3.32. The van der Waals surface area contributed by atoms with Crippen LogP contribution in [0, 0.1) is 0 Å². The summed E-state index contributed by atoms with van der Waals surface area (Å²) in [7, 11) is 0. The average Bonchev–Trinajstić information content (AvgIpc) is 2.67. The van der Waals surface area contributed by atoms with Gasteiger partial charge in [0.1, 0.15) is 5.75 Å². The lowest BCUT2D eigenvalue weighted by atomic mass is 9.86. The van der Waals surface area contributed by atoms with Crippen molar-refractivity contribution in [2.45, 2.75) is 32.7 Å². The lowest BCUT2D eigenvalue weighted by molar-refractivity contribution is -0.135. The molecule has 5 heteroatoms. The summed E-state index contributed by atoms with van der Waals surface area (Å²) in [4.78, 5) is 21.2. The summed E-state index contributed by atoms with van der Waals surface area (Å²) in [6.45, 7) is 10.6. The molecule has 0 radical (unpaired) electrons. The molecule has 0 bridgehead atoms. The van der Waals surface area contributed by atoms with Gasteiger partial charge in [-0.2, -0.15) is 0 Å². The summed E-state index contributed by atoms with van der Waals surface area (Å²) in [6, 6.07) is 13.9. The summed E-state index contributed by atoms with van der Waals surface area (Å²) in [6.07, 6.45) is 1.82. The minimum absolute atomic E-state index is 0.0171. The topological polar surface area (TPSA) is 45.7 Å². The number of carbonyl (C=O) groups excluding carboxylic acids is 1. The van der Waals surface area contributed by atoms with E-state index in [1.165, 1.54) is 0 Å². The summed E-state index contributed by atoms with van der Waals surface area (Å²) in [5.74, 6) is 0.850. The number of carbonyl (C=O) groups is 1. The van der Waals surface area contributed by atoms with Gasteiger partial charge in [-0.15, -0.1) is 0 Å². The highest BCUT2D eigenvalue weighted by Crippen LogP contribution is 2.30. The van der Waals surface area contributed by atoms with Gasteiger partial charge in [-0.05, 0) is 29.2 Å². The third-order valence-corrected chi connectivity index (χ3v) is 4.88. The Balaban J connectivity index is 1.49. The molecule has 1 aliphatic rings. The third kappa shape index (κ3) is 5.30. The lowest BCUT2D eigenvalue weighted by Crippen LogP contribution is -2.49. The molecule has 0 saturated carbocycles. The van der Waals surface area contributed by atoms with Crippen LogP contribution < -0.4 is 4.74 Å². The molecule has 1 amide bonds. The molecule has 1 aliphatic heterocycles. The average molecular weight is 367 g/mol. The number of ether oxygens (including phenoxy) is 1. The third-order valence-electron chi connectivity index (χ3n) is 4.88. The van der Waals surface area contributed by atoms with Crippen molar-refractivity contribution in [2.24, 2.45) is 0 Å². The Hall–Kier alpha value is -2.40. The monoisotopic (exact) mass is 367 g/mol. The number of piperazine rings is 1. The molecule has 1 aromatic heterocycles. The first kappa shape index (κ1) is 19.4. The number of hydrogen-bond donors (Lipinski definition) is 0. The van der Waals surface area contributed by atoms with E-state index in [1.54, 1.807) is 0 Å². The van der Waals surface area contributed by atoms with E-state index in [2.05, 4.69) is 36.7 Å². The van der Waals surface area contributed by atoms with Gasteiger partial charge in [0, 0.05) is 38.9 Å². The zero-order valence-corrected chi connectivity index (χ0v) is 16.5. The van der Waals surface area contributed by atoms with Crippen LogP contribution in [-0.4, -0.2) is 53.5 Å². The van der Waals surface area contributed by atoms with E-state index in [0.29, 0.717) is 0 Å². The van der Waals surface area contributed by atoms with Crippen LogP contribution in [0.5, 0.6) is 5.75 Å². The molecule has 5 nitrogen and oxygen atoms in total. The van der Waals surface area contributed by atoms with E-state index in [-0.39, 0.29) is 17.9 Å². The largest absolute Gasteiger partial charge is 0.483 e. The Labute approximate surface area is 162 Å². The molecule has 0 atom stereocenters. The highest BCUT2D eigenvalue weighted by Gasteiger charge is 2.23. The van der Waals surface area contributed by atoms with Gasteiger partial charge < -0.3 is 9.64 Å². The number of nitrogens with zero attached hydrogens (tertiary/aromatic N) is 3. The van der Waals surface area contributed by atoms with E-state index in [9.17, 15) is 4.79 Å². The Morgan fingerprint density at radius 3 is 2.41 bits per heavy atom. The van der Waals surface area contributed by atoms with Crippen molar-refractivity contribution in [1.29, 1.82) is 0 Å². The van der Waals surface area contributed by atoms with Gasteiger partial charge in [0.2, 0.25) is 0 Å². The van der Waals surface area contributed by atoms with Crippen molar-refractivity contribution >= 4 is 5.91 Å². The van der Waals surface area contributed by atoms with E-state index < -0.39 is 0 Å². The molecular formula is C22H29N3O2. The van der Waals surface area contributed by atoms with Gasteiger partial charge in [-0.1, -0.05) is 45.0 Å². The predicted octanol–water partition coefficient (Wildman–Crippen LogP) is 3.10. The van der Waals surface area contributed by atoms with Crippen molar-refractivity contribution in [3.8, 4) is 5.75 Å². The fraction of sp³-hybridized carbons (Fsp3) is 0.455. The fourth-order valence-electron chi connectivity index (χ4n) is 3.32. The van der Waals surface area contributed by atoms with E-state index in [1.807, 2.05) is 47.5 Å². The number of pyridine rings is 1. The first-order valence-corrected chi connectivity index (χ1v) is 9.56. The summed E-state index contributed by atoms with van der Waals surface area (Å²) >= 11 is 0. The van der Waals surface area contributed by atoms with Crippen LogP contribution in [0.3, 0.4) is 0 Å². The van der Waals surface area contributed by atoms with Gasteiger partial charge in [0.25, 0.3) is 5.91 Å². The minimum Gasteiger partial charge on any atom is -0.483 e. The first-order chi connectivity index (χ1) is 12.9. The van der Waals surface area contributed by atoms with Crippen molar-refractivity contribution in [3.05, 3.63) is 59.9 Å². The second-order valence-electron chi connectivity index (χ2n) is 8.01. The molecule has 2 aromatic rings. The molecule has 2 heterocycles. The Morgan fingerprint density at radius 1 is 1.04 bits per heavy atom. The van der Waals surface area contributed by atoms with Gasteiger partial charge in [0.05, 0.1) is 5.69 Å². The Bertz CT molecular complexity index is 748. The van der Waals surface area contributed by atoms with Crippen molar-refractivity contribution in [1.82, 2.24) is 14.8 Å². The maximum absolute atomic E-state index is 12.6. The molecule has 0 aliphatic carbocycles. The summed E-state index contributed by atoms with van der Waals surface area (Å²) < 4.78 is 5.89. The summed E-state index contributed by atoms with van der Waals surface area (Å²) in [5, 5.41) is 0. The molecule has 0 spiro atoms. The smallest absolute Gasteiger partial charge is 0.260 e. The second-order valence-corrected chi connectivity index (χ2v) is 8.01. The molecule has 144 valence electrons. The number of hydrogen-bond acceptors (Lipinski definition) is 4. The molecule has 3 rings (SSSR count). The maximum atomic E-state index is 12.6. The van der Waals surface area contributed by atoms with Gasteiger partial charge in [-0.25, -0.2) is 0 Å². The number of benzene rings is 1. The van der Waals surface area contributed by atoms with E-state index in [4.69, 9.17) is 4.74 Å².